The maximum absolute atomic E-state index is 12.0. The molecule has 1 rings (SSSR count). The lowest BCUT2D eigenvalue weighted by Gasteiger charge is -2.12. The molecule has 0 bridgehead atoms. The van der Waals surface area contributed by atoms with E-state index in [1.165, 1.54) is 0 Å². The Bertz CT molecular complexity index is 500. The maximum Gasteiger partial charge on any atom is 0.251 e. The summed E-state index contributed by atoms with van der Waals surface area (Å²) >= 11 is 0. The van der Waals surface area contributed by atoms with Gasteiger partial charge in [0.05, 0.1) is 6.54 Å². The Morgan fingerprint density at radius 1 is 1.38 bits per heavy atom. The largest absolute Gasteiger partial charge is 0.376 e. The Morgan fingerprint density at radius 3 is 2.81 bits per heavy atom. The molecule has 0 aromatic heterocycles. The fourth-order valence-corrected chi connectivity index (χ4v) is 1.61. The minimum Gasteiger partial charge on any atom is -0.376 e. The van der Waals surface area contributed by atoms with Crippen LogP contribution in [-0.4, -0.2) is 30.9 Å². The topological polar surface area (TPSA) is 70.2 Å². The van der Waals surface area contributed by atoms with Gasteiger partial charge in [-0.15, -0.1) is 6.58 Å². The molecular formula is C16H23N3O2. The molecule has 21 heavy (non-hydrogen) atoms. The van der Waals surface area contributed by atoms with E-state index in [9.17, 15) is 9.59 Å². The molecule has 1 aromatic rings. The van der Waals surface area contributed by atoms with Crippen molar-refractivity contribution in [3.05, 3.63) is 42.5 Å². The molecule has 0 aliphatic carbocycles. The van der Waals surface area contributed by atoms with E-state index in [2.05, 4.69) is 22.5 Å². The molecule has 0 aliphatic rings. The number of amides is 2. The number of hydrogen-bond acceptors (Lipinski definition) is 3. The van der Waals surface area contributed by atoms with Gasteiger partial charge in [-0.3, -0.25) is 9.59 Å². The van der Waals surface area contributed by atoms with Gasteiger partial charge in [-0.2, -0.15) is 0 Å². The SMILES string of the molecule is C=CCNC(=O)CNc1cccc(C(=O)NC(C)CC)c1. The zero-order valence-corrected chi connectivity index (χ0v) is 12.6. The molecule has 0 saturated carbocycles. The molecule has 0 fully saturated rings. The van der Waals surface area contributed by atoms with Crippen molar-refractivity contribution >= 4 is 17.5 Å². The minimum atomic E-state index is -0.121. The van der Waals surface area contributed by atoms with Gasteiger partial charge >= 0.3 is 0 Å². The number of nitrogens with one attached hydrogen (secondary N) is 3. The quantitative estimate of drug-likeness (QED) is 0.640. The third-order valence-electron chi connectivity index (χ3n) is 3.01. The molecule has 0 heterocycles. The number of rotatable bonds is 8. The fourth-order valence-electron chi connectivity index (χ4n) is 1.61. The van der Waals surface area contributed by atoms with Crippen LogP contribution < -0.4 is 16.0 Å². The van der Waals surface area contributed by atoms with E-state index in [-0.39, 0.29) is 24.4 Å². The Balaban J connectivity index is 2.57. The van der Waals surface area contributed by atoms with Crippen molar-refractivity contribution in [1.82, 2.24) is 10.6 Å². The first-order chi connectivity index (χ1) is 10.1. The van der Waals surface area contributed by atoms with E-state index in [0.29, 0.717) is 12.1 Å². The Hall–Kier alpha value is -2.30. The monoisotopic (exact) mass is 289 g/mol. The molecule has 0 spiro atoms. The van der Waals surface area contributed by atoms with Crippen molar-refractivity contribution in [3.8, 4) is 0 Å². The second kappa shape index (κ2) is 8.79. The standard InChI is InChI=1S/C16H23N3O2/c1-4-9-17-15(20)11-18-14-8-6-7-13(10-14)16(21)19-12(3)5-2/h4,6-8,10,12,18H,1,5,9,11H2,2-3H3,(H,17,20)(H,19,21). The molecule has 3 N–H and O–H groups in total. The smallest absolute Gasteiger partial charge is 0.251 e. The first kappa shape index (κ1) is 16.8. The zero-order chi connectivity index (χ0) is 15.7. The average molecular weight is 289 g/mol. The van der Waals surface area contributed by atoms with Crippen LogP contribution in [0.2, 0.25) is 0 Å². The molecule has 0 radical (unpaired) electrons. The van der Waals surface area contributed by atoms with Crippen LogP contribution in [0, 0.1) is 0 Å². The highest BCUT2D eigenvalue weighted by molar-refractivity contribution is 5.95. The Labute approximate surface area is 125 Å². The summed E-state index contributed by atoms with van der Waals surface area (Å²) in [5, 5.41) is 8.57. The summed E-state index contributed by atoms with van der Waals surface area (Å²) in [5.74, 6) is -0.228. The van der Waals surface area contributed by atoms with Gasteiger partial charge < -0.3 is 16.0 Å². The second-order valence-corrected chi connectivity index (χ2v) is 4.81. The third-order valence-corrected chi connectivity index (χ3v) is 3.01. The molecule has 0 saturated heterocycles. The number of carbonyl (C=O) groups is 2. The number of anilines is 1. The van der Waals surface area contributed by atoms with Gasteiger partial charge in [-0.25, -0.2) is 0 Å². The van der Waals surface area contributed by atoms with E-state index in [4.69, 9.17) is 0 Å². The fraction of sp³-hybridized carbons (Fsp3) is 0.375. The number of benzene rings is 1. The molecule has 114 valence electrons. The van der Waals surface area contributed by atoms with Crippen LogP contribution in [0.3, 0.4) is 0 Å². The van der Waals surface area contributed by atoms with Crippen molar-refractivity contribution in [2.45, 2.75) is 26.3 Å². The summed E-state index contributed by atoms with van der Waals surface area (Å²) in [4.78, 5) is 23.5. The Morgan fingerprint density at radius 2 is 2.14 bits per heavy atom. The lowest BCUT2D eigenvalue weighted by molar-refractivity contribution is -0.119. The molecular weight excluding hydrogens is 266 g/mol. The van der Waals surface area contributed by atoms with E-state index >= 15 is 0 Å². The van der Waals surface area contributed by atoms with Crippen molar-refractivity contribution in [2.75, 3.05) is 18.4 Å². The van der Waals surface area contributed by atoms with Crippen LogP contribution in [0.4, 0.5) is 5.69 Å². The molecule has 5 heteroatoms. The molecule has 1 unspecified atom stereocenters. The van der Waals surface area contributed by atoms with E-state index in [1.54, 1.807) is 24.3 Å². The highest BCUT2D eigenvalue weighted by Gasteiger charge is 2.09. The van der Waals surface area contributed by atoms with Crippen LogP contribution in [0.1, 0.15) is 30.6 Å². The molecule has 5 nitrogen and oxygen atoms in total. The van der Waals surface area contributed by atoms with E-state index < -0.39 is 0 Å². The summed E-state index contributed by atoms with van der Waals surface area (Å²) in [5.41, 5.74) is 1.31. The summed E-state index contributed by atoms with van der Waals surface area (Å²) in [7, 11) is 0. The van der Waals surface area contributed by atoms with Crippen molar-refractivity contribution in [3.63, 3.8) is 0 Å². The maximum atomic E-state index is 12.0. The highest BCUT2D eigenvalue weighted by Crippen LogP contribution is 2.10. The molecule has 0 aliphatic heterocycles. The number of carbonyl (C=O) groups excluding carboxylic acids is 2. The van der Waals surface area contributed by atoms with Gasteiger partial charge in [0.15, 0.2) is 0 Å². The van der Waals surface area contributed by atoms with Gasteiger partial charge in [-0.1, -0.05) is 19.1 Å². The summed E-state index contributed by atoms with van der Waals surface area (Å²) in [6.07, 6.45) is 2.50. The molecule has 2 amide bonds. The Kier molecular flexibility index (Phi) is 7.01. The normalized spacial score (nSPS) is 11.3. The van der Waals surface area contributed by atoms with Gasteiger partial charge in [0.2, 0.25) is 5.91 Å². The summed E-state index contributed by atoms with van der Waals surface area (Å²) < 4.78 is 0. The van der Waals surface area contributed by atoms with Crippen LogP contribution in [-0.2, 0) is 4.79 Å². The van der Waals surface area contributed by atoms with Crippen LogP contribution in [0.15, 0.2) is 36.9 Å². The van der Waals surface area contributed by atoms with Gasteiger partial charge in [0.25, 0.3) is 5.91 Å². The predicted octanol–water partition coefficient (Wildman–Crippen LogP) is 1.93. The van der Waals surface area contributed by atoms with Gasteiger partial charge in [-0.05, 0) is 31.5 Å². The van der Waals surface area contributed by atoms with Crippen molar-refractivity contribution in [2.24, 2.45) is 0 Å². The van der Waals surface area contributed by atoms with Crippen LogP contribution in [0.25, 0.3) is 0 Å². The van der Waals surface area contributed by atoms with E-state index in [0.717, 1.165) is 12.1 Å². The zero-order valence-electron chi connectivity index (χ0n) is 12.6. The number of hydrogen-bond donors (Lipinski definition) is 3. The van der Waals surface area contributed by atoms with E-state index in [1.807, 2.05) is 19.9 Å². The van der Waals surface area contributed by atoms with Crippen LogP contribution >= 0.6 is 0 Å². The van der Waals surface area contributed by atoms with Crippen LogP contribution in [0.5, 0.6) is 0 Å². The minimum absolute atomic E-state index is 0.107. The highest BCUT2D eigenvalue weighted by atomic mass is 16.2. The second-order valence-electron chi connectivity index (χ2n) is 4.81. The van der Waals surface area contributed by atoms with Crippen molar-refractivity contribution < 1.29 is 9.59 Å². The van der Waals surface area contributed by atoms with Gasteiger partial charge in [0.1, 0.15) is 0 Å². The molecule has 1 aromatic carbocycles. The summed E-state index contributed by atoms with van der Waals surface area (Å²) in [6.45, 7) is 8.11. The first-order valence-corrected chi connectivity index (χ1v) is 7.09. The first-order valence-electron chi connectivity index (χ1n) is 7.09. The summed E-state index contributed by atoms with van der Waals surface area (Å²) in [6, 6.07) is 7.23. The lowest BCUT2D eigenvalue weighted by Crippen LogP contribution is -2.32. The van der Waals surface area contributed by atoms with Crippen molar-refractivity contribution in [1.29, 1.82) is 0 Å². The molecule has 1 atom stereocenters. The third kappa shape index (κ3) is 6.12. The predicted molar refractivity (Wildman–Crippen MR) is 85.4 cm³/mol. The average Bonchev–Trinajstić information content (AvgIpc) is 2.50. The lowest BCUT2D eigenvalue weighted by atomic mass is 10.1. The van der Waals surface area contributed by atoms with Gasteiger partial charge in [0, 0.05) is 23.8 Å².